The molecule has 0 atom stereocenters. The predicted octanol–water partition coefficient (Wildman–Crippen LogP) is 0.571. The van der Waals surface area contributed by atoms with Gasteiger partial charge in [-0.05, 0) is 12.8 Å². The molecule has 0 heterocycles. The smallest absolute Gasteiger partial charge is 0.213 e. The highest BCUT2D eigenvalue weighted by atomic mass is 35.5. The third-order valence-corrected chi connectivity index (χ3v) is 3.05. The molecule has 0 radical (unpaired) electrons. The van der Waals surface area contributed by atoms with Crippen LogP contribution >= 0.6 is 11.6 Å². The van der Waals surface area contributed by atoms with Crippen LogP contribution < -0.4 is 4.72 Å². The molecule has 0 aromatic carbocycles. The Kier molecular flexibility index (Phi) is 7.65. The van der Waals surface area contributed by atoms with Gasteiger partial charge in [-0.15, -0.1) is 11.6 Å². The number of halogens is 1. The van der Waals surface area contributed by atoms with Crippen LogP contribution in [0.25, 0.3) is 0 Å². The maximum Gasteiger partial charge on any atom is 0.213 e. The van der Waals surface area contributed by atoms with Crippen LogP contribution in [-0.4, -0.2) is 40.3 Å². The summed E-state index contributed by atoms with van der Waals surface area (Å²) < 4.78 is 29.4. The van der Waals surface area contributed by atoms with Gasteiger partial charge in [0.05, 0.1) is 12.4 Å². The average Bonchev–Trinajstić information content (AvgIpc) is 2.09. The van der Waals surface area contributed by atoms with Crippen molar-refractivity contribution in [1.29, 1.82) is 0 Å². The van der Waals surface area contributed by atoms with E-state index in [-0.39, 0.29) is 12.4 Å². The van der Waals surface area contributed by atoms with E-state index in [9.17, 15) is 8.42 Å². The van der Waals surface area contributed by atoms with Crippen LogP contribution in [0.4, 0.5) is 0 Å². The van der Waals surface area contributed by atoms with Crippen LogP contribution in [0.2, 0.25) is 0 Å². The molecule has 6 heteroatoms. The first-order valence-electron chi connectivity index (χ1n) is 4.14. The Bertz CT molecular complexity index is 206. The largest absolute Gasteiger partial charge is 0.384 e. The highest BCUT2D eigenvalue weighted by Crippen LogP contribution is 1.91. The van der Waals surface area contributed by atoms with Crippen molar-refractivity contribution in [3.05, 3.63) is 0 Å². The van der Waals surface area contributed by atoms with Crippen LogP contribution in [0.1, 0.15) is 12.8 Å². The first kappa shape index (κ1) is 13.2. The van der Waals surface area contributed by atoms with E-state index in [1.54, 1.807) is 0 Å². The van der Waals surface area contributed by atoms with Crippen molar-refractivity contribution in [2.24, 2.45) is 0 Å². The Morgan fingerprint density at radius 2 is 2.08 bits per heavy atom. The van der Waals surface area contributed by atoms with E-state index in [2.05, 4.69) is 9.46 Å². The van der Waals surface area contributed by atoms with Crippen LogP contribution in [-0.2, 0) is 14.8 Å². The molecule has 13 heavy (non-hydrogen) atoms. The molecule has 0 amide bonds. The molecule has 0 aliphatic heterocycles. The fourth-order valence-corrected chi connectivity index (χ4v) is 1.89. The van der Waals surface area contributed by atoms with Gasteiger partial charge in [0, 0.05) is 19.5 Å². The van der Waals surface area contributed by atoms with E-state index in [0.29, 0.717) is 12.4 Å². The van der Waals surface area contributed by atoms with Crippen LogP contribution in [0.5, 0.6) is 0 Å². The van der Waals surface area contributed by atoms with E-state index < -0.39 is 10.0 Å². The molecule has 0 bridgehead atoms. The molecule has 80 valence electrons. The lowest BCUT2D eigenvalue weighted by molar-refractivity contribution is 0.217. The van der Waals surface area contributed by atoms with Gasteiger partial charge in [0.25, 0.3) is 0 Å². The molecular formula is C7H16ClNO3S. The normalized spacial score (nSPS) is 11.8. The summed E-state index contributed by atoms with van der Waals surface area (Å²) in [7, 11) is -1.67. The van der Waals surface area contributed by atoms with E-state index in [1.165, 1.54) is 7.11 Å². The Morgan fingerprint density at radius 3 is 2.62 bits per heavy atom. The monoisotopic (exact) mass is 229 g/mol. The number of ether oxygens (including phenoxy) is 1. The molecule has 0 saturated heterocycles. The number of nitrogens with one attached hydrogen (secondary N) is 1. The zero-order valence-corrected chi connectivity index (χ0v) is 9.33. The molecule has 0 aromatic heterocycles. The van der Waals surface area contributed by atoms with Crippen LogP contribution in [0, 0.1) is 0 Å². The fourth-order valence-electron chi connectivity index (χ4n) is 0.712. The average molecular weight is 230 g/mol. The van der Waals surface area contributed by atoms with Gasteiger partial charge < -0.3 is 4.74 Å². The van der Waals surface area contributed by atoms with Gasteiger partial charge in [0.2, 0.25) is 10.0 Å². The van der Waals surface area contributed by atoms with Crippen molar-refractivity contribution in [3.63, 3.8) is 0 Å². The summed E-state index contributed by atoms with van der Waals surface area (Å²) in [4.78, 5) is 0. The van der Waals surface area contributed by atoms with Crippen molar-refractivity contribution in [1.82, 2.24) is 4.72 Å². The third kappa shape index (κ3) is 8.49. The van der Waals surface area contributed by atoms with Crippen LogP contribution in [0.3, 0.4) is 0 Å². The number of unbranched alkanes of at least 4 members (excludes halogenated alkanes) is 1. The Balaban J connectivity index is 3.52. The molecule has 0 rings (SSSR count). The lowest BCUT2D eigenvalue weighted by Crippen LogP contribution is -2.29. The summed E-state index contributed by atoms with van der Waals surface area (Å²) in [6.07, 6.45) is 1.60. The summed E-state index contributed by atoms with van der Waals surface area (Å²) in [5.41, 5.74) is 0. The van der Waals surface area contributed by atoms with Gasteiger partial charge in [-0.3, -0.25) is 0 Å². The number of hydrogen-bond donors (Lipinski definition) is 1. The maximum atomic E-state index is 11.1. The first-order valence-corrected chi connectivity index (χ1v) is 6.33. The zero-order valence-electron chi connectivity index (χ0n) is 7.75. The van der Waals surface area contributed by atoms with Crippen LogP contribution in [0.15, 0.2) is 0 Å². The second-order valence-electron chi connectivity index (χ2n) is 2.60. The fraction of sp³-hybridized carbons (Fsp3) is 1.00. The Labute approximate surface area is 84.7 Å². The quantitative estimate of drug-likeness (QED) is 0.489. The second kappa shape index (κ2) is 7.55. The number of rotatable bonds is 8. The summed E-state index contributed by atoms with van der Waals surface area (Å²) in [5.74, 6) is 0.587. The predicted molar refractivity (Wildman–Crippen MR) is 53.6 cm³/mol. The standard InChI is InChI=1S/C7H16ClNO3S/c1-12-6-7-13(10,11)9-5-3-2-4-8/h9H,2-7H2,1H3. The highest BCUT2D eigenvalue weighted by Gasteiger charge is 2.07. The van der Waals surface area contributed by atoms with Crippen molar-refractivity contribution in [2.75, 3.05) is 31.9 Å². The summed E-state index contributed by atoms with van der Waals surface area (Å²) in [6, 6.07) is 0. The number of sulfonamides is 1. The van der Waals surface area contributed by atoms with Gasteiger partial charge in [-0.25, -0.2) is 13.1 Å². The Hall–Kier alpha value is 0.160. The van der Waals surface area contributed by atoms with Crippen molar-refractivity contribution < 1.29 is 13.2 Å². The number of methoxy groups -OCH3 is 1. The molecule has 0 saturated carbocycles. The highest BCUT2D eigenvalue weighted by molar-refractivity contribution is 7.89. The molecule has 0 spiro atoms. The summed E-state index contributed by atoms with van der Waals surface area (Å²) >= 11 is 5.44. The lowest BCUT2D eigenvalue weighted by atomic mass is 10.3. The van der Waals surface area contributed by atoms with Gasteiger partial charge in [0.15, 0.2) is 0 Å². The SMILES string of the molecule is COCCS(=O)(=O)NCCCCCl. The zero-order chi connectivity index (χ0) is 10.2. The molecule has 1 N–H and O–H groups in total. The number of alkyl halides is 1. The second-order valence-corrected chi connectivity index (χ2v) is 4.91. The molecule has 0 aliphatic carbocycles. The molecule has 0 aliphatic rings. The Morgan fingerprint density at radius 1 is 1.38 bits per heavy atom. The molecule has 0 aromatic rings. The van der Waals surface area contributed by atoms with Gasteiger partial charge >= 0.3 is 0 Å². The van der Waals surface area contributed by atoms with Gasteiger partial charge in [-0.1, -0.05) is 0 Å². The van der Waals surface area contributed by atoms with Gasteiger partial charge in [0.1, 0.15) is 0 Å². The minimum absolute atomic E-state index is 0.0182. The number of hydrogen-bond acceptors (Lipinski definition) is 3. The third-order valence-electron chi connectivity index (χ3n) is 1.44. The molecule has 0 fully saturated rings. The molecular weight excluding hydrogens is 214 g/mol. The van der Waals surface area contributed by atoms with E-state index in [4.69, 9.17) is 11.6 Å². The topological polar surface area (TPSA) is 55.4 Å². The first-order chi connectivity index (χ1) is 6.12. The van der Waals surface area contributed by atoms with Crippen molar-refractivity contribution in [2.45, 2.75) is 12.8 Å². The van der Waals surface area contributed by atoms with Crippen molar-refractivity contribution >= 4 is 21.6 Å². The summed E-state index contributed by atoms with van der Waals surface area (Å²) in [6.45, 7) is 0.684. The maximum absolute atomic E-state index is 11.1. The van der Waals surface area contributed by atoms with Gasteiger partial charge in [-0.2, -0.15) is 0 Å². The van der Waals surface area contributed by atoms with E-state index >= 15 is 0 Å². The van der Waals surface area contributed by atoms with E-state index in [1.807, 2.05) is 0 Å². The van der Waals surface area contributed by atoms with E-state index in [0.717, 1.165) is 12.8 Å². The van der Waals surface area contributed by atoms with Crippen molar-refractivity contribution in [3.8, 4) is 0 Å². The minimum atomic E-state index is -3.14. The minimum Gasteiger partial charge on any atom is -0.384 e. The molecule has 0 unspecified atom stereocenters. The molecule has 4 nitrogen and oxygen atoms in total. The lowest BCUT2D eigenvalue weighted by Gasteiger charge is -2.04. The summed E-state index contributed by atoms with van der Waals surface area (Å²) in [5, 5.41) is 0.